The average Bonchev–Trinajstić information content (AvgIpc) is 2.92. The van der Waals surface area contributed by atoms with Crippen molar-refractivity contribution in [3.63, 3.8) is 0 Å². The summed E-state index contributed by atoms with van der Waals surface area (Å²) in [5.74, 6) is 0. The van der Waals surface area contributed by atoms with E-state index in [1.165, 1.54) is 50.0 Å². The van der Waals surface area contributed by atoms with Crippen LogP contribution in [0.15, 0.2) is 24.3 Å². The predicted octanol–water partition coefficient (Wildman–Crippen LogP) is 2.27. The molecule has 1 saturated heterocycles. The van der Waals surface area contributed by atoms with Gasteiger partial charge in [-0.25, -0.2) is 0 Å². The van der Waals surface area contributed by atoms with Crippen LogP contribution in [0.1, 0.15) is 36.8 Å². The van der Waals surface area contributed by atoms with Crippen LogP contribution in [0.2, 0.25) is 0 Å². The van der Waals surface area contributed by atoms with E-state index in [0.29, 0.717) is 0 Å². The molecule has 2 aliphatic rings. The van der Waals surface area contributed by atoms with Gasteiger partial charge in [0.1, 0.15) is 0 Å². The molecule has 1 aliphatic carbocycles. The summed E-state index contributed by atoms with van der Waals surface area (Å²) in [5.41, 5.74) is 8.98. The van der Waals surface area contributed by atoms with Crippen molar-refractivity contribution in [2.45, 2.75) is 37.6 Å². The van der Waals surface area contributed by atoms with E-state index < -0.39 is 0 Å². The Morgan fingerprint density at radius 2 is 1.71 bits per heavy atom. The maximum atomic E-state index is 6.18. The highest BCUT2D eigenvalue weighted by atomic mass is 15.1. The molecular formula is C15H22N2. The topological polar surface area (TPSA) is 29.3 Å². The highest BCUT2D eigenvalue weighted by Gasteiger charge is 2.39. The summed E-state index contributed by atoms with van der Waals surface area (Å²) < 4.78 is 0. The highest BCUT2D eigenvalue weighted by Crippen LogP contribution is 2.42. The summed E-state index contributed by atoms with van der Waals surface area (Å²) in [7, 11) is 0. The van der Waals surface area contributed by atoms with Gasteiger partial charge >= 0.3 is 0 Å². The summed E-state index contributed by atoms with van der Waals surface area (Å²) >= 11 is 0. The fourth-order valence-electron chi connectivity index (χ4n) is 2.72. The van der Waals surface area contributed by atoms with Gasteiger partial charge in [-0.15, -0.1) is 0 Å². The normalized spacial score (nSPS) is 22.9. The maximum Gasteiger partial charge on any atom is 0.0411 e. The van der Waals surface area contributed by atoms with E-state index in [4.69, 9.17) is 5.73 Å². The van der Waals surface area contributed by atoms with Crippen LogP contribution < -0.4 is 5.73 Å². The molecule has 2 heteroatoms. The molecule has 2 fully saturated rings. The van der Waals surface area contributed by atoms with Crippen molar-refractivity contribution in [1.29, 1.82) is 0 Å². The Kier molecular flexibility index (Phi) is 2.93. The molecule has 2 nitrogen and oxygen atoms in total. The Hall–Kier alpha value is -0.860. The molecule has 92 valence electrons. The predicted molar refractivity (Wildman–Crippen MR) is 70.9 cm³/mol. The van der Waals surface area contributed by atoms with Crippen molar-refractivity contribution in [3.8, 4) is 0 Å². The Morgan fingerprint density at radius 3 is 2.29 bits per heavy atom. The van der Waals surface area contributed by atoms with Gasteiger partial charge in [-0.2, -0.15) is 0 Å². The molecule has 0 atom stereocenters. The van der Waals surface area contributed by atoms with E-state index in [1.807, 2.05) is 0 Å². The Bertz CT molecular complexity index is 372. The molecule has 0 spiro atoms. The van der Waals surface area contributed by atoms with Crippen LogP contribution in [-0.4, -0.2) is 24.5 Å². The van der Waals surface area contributed by atoms with Crippen LogP contribution in [0.3, 0.4) is 0 Å². The fraction of sp³-hybridized carbons (Fsp3) is 0.600. The van der Waals surface area contributed by atoms with E-state index in [0.717, 1.165) is 12.8 Å². The zero-order chi connectivity index (χ0) is 11.7. The third-order valence-corrected chi connectivity index (χ3v) is 4.23. The zero-order valence-corrected chi connectivity index (χ0v) is 10.5. The molecule has 1 heterocycles. The Morgan fingerprint density at radius 1 is 1.06 bits per heavy atom. The first kappa shape index (κ1) is 11.2. The molecule has 17 heavy (non-hydrogen) atoms. The smallest absolute Gasteiger partial charge is 0.0411 e. The van der Waals surface area contributed by atoms with Gasteiger partial charge in [0.15, 0.2) is 0 Å². The van der Waals surface area contributed by atoms with Crippen LogP contribution in [-0.2, 0) is 12.0 Å². The van der Waals surface area contributed by atoms with Gasteiger partial charge in [0.2, 0.25) is 0 Å². The van der Waals surface area contributed by atoms with E-state index in [-0.39, 0.29) is 5.54 Å². The maximum absolute atomic E-state index is 6.18. The van der Waals surface area contributed by atoms with Gasteiger partial charge < -0.3 is 10.6 Å². The van der Waals surface area contributed by atoms with Crippen molar-refractivity contribution < 1.29 is 0 Å². The molecule has 0 radical (unpaired) electrons. The molecular weight excluding hydrogens is 208 g/mol. The lowest BCUT2D eigenvalue weighted by Crippen LogP contribution is -2.22. The monoisotopic (exact) mass is 230 g/mol. The molecule has 0 amide bonds. The first-order valence-corrected chi connectivity index (χ1v) is 6.87. The van der Waals surface area contributed by atoms with Crippen LogP contribution in [0.4, 0.5) is 0 Å². The summed E-state index contributed by atoms with van der Waals surface area (Å²) in [6.45, 7) is 3.81. The first-order valence-electron chi connectivity index (χ1n) is 6.87. The second kappa shape index (κ2) is 4.43. The number of nitrogens with zero attached hydrogens (tertiary/aromatic N) is 1. The summed E-state index contributed by atoms with van der Waals surface area (Å²) in [4.78, 5) is 2.57. The number of benzene rings is 1. The third-order valence-electron chi connectivity index (χ3n) is 4.23. The fourth-order valence-corrected chi connectivity index (χ4v) is 2.72. The van der Waals surface area contributed by atoms with Crippen molar-refractivity contribution in [2.75, 3.05) is 19.6 Å². The number of nitrogens with two attached hydrogens (primary N) is 1. The molecule has 1 aromatic rings. The lowest BCUT2D eigenvalue weighted by molar-refractivity contribution is 0.343. The second-order valence-electron chi connectivity index (χ2n) is 5.65. The Balaban J connectivity index is 1.56. The highest BCUT2D eigenvalue weighted by molar-refractivity contribution is 5.32. The second-order valence-corrected chi connectivity index (χ2v) is 5.65. The molecule has 2 N–H and O–H groups in total. The van der Waals surface area contributed by atoms with E-state index in [1.54, 1.807) is 0 Å². The number of hydrogen-bond acceptors (Lipinski definition) is 2. The lowest BCUT2D eigenvalue weighted by atomic mass is 10.0. The molecule has 0 bridgehead atoms. The van der Waals surface area contributed by atoms with Gasteiger partial charge in [-0.1, -0.05) is 24.3 Å². The lowest BCUT2D eigenvalue weighted by Gasteiger charge is -2.15. The quantitative estimate of drug-likeness (QED) is 0.860. The van der Waals surface area contributed by atoms with E-state index in [9.17, 15) is 0 Å². The van der Waals surface area contributed by atoms with E-state index in [2.05, 4.69) is 29.2 Å². The van der Waals surface area contributed by atoms with Gasteiger partial charge in [0.05, 0.1) is 0 Å². The standard InChI is InChI=1S/C15H22N2/c16-15(8-9-15)14-5-3-13(4-6-14)7-12-17-10-1-2-11-17/h3-6H,1-2,7-12,16H2. The van der Waals surface area contributed by atoms with Gasteiger partial charge in [0, 0.05) is 12.1 Å². The van der Waals surface area contributed by atoms with Gasteiger partial charge in [-0.3, -0.25) is 0 Å². The van der Waals surface area contributed by atoms with Gasteiger partial charge in [0.25, 0.3) is 0 Å². The van der Waals surface area contributed by atoms with Crippen LogP contribution >= 0.6 is 0 Å². The SMILES string of the molecule is NC1(c2ccc(CCN3CCCC3)cc2)CC1. The van der Waals surface area contributed by atoms with Crippen LogP contribution in [0.25, 0.3) is 0 Å². The van der Waals surface area contributed by atoms with E-state index >= 15 is 0 Å². The van der Waals surface area contributed by atoms with Crippen molar-refractivity contribution in [3.05, 3.63) is 35.4 Å². The summed E-state index contributed by atoms with van der Waals surface area (Å²) in [5, 5.41) is 0. The van der Waals surface area contributed by atoms with Gasteiger partial charge in [-0.05, 0) is 56.3 Å². The minimum absolute atomic E-state index is 0.0213. The van der Waals surface area contributed by atoms with Crippen LogP contribution in [0, 0.1) is 0 Å². The molecule has 3 rings (SSSR count). The van der Waals surface area contributed by atoms with Crippen molar-refractivity contribution in [1.82, 2.24) is 4.90 Å². The molecule has 1 aliphatic heterocycles. The molecule has 1 aromatic carbocycles. The average molecular weight is 230 g/mol. The van der Waals surface area contributed by atoms with Crippen LogP contribution in [0.5, 0.6) is 0 Å². The molecule has 0 aromatic heterocycles. The summed E-state index contributed by atoms with van der Waals surface area (Å²) in [6, 6.07) is 8.98. The summed E-state index contributed by atoms with van der Waals surface area (Å²) in [6.07, 6.45) is 6.25. The minimum Gasteiger partial charge on any atom is -0.321 e. The zero-order valence-electron chi connectivity index (χ0n) is 10.5. The minimum atomic E-state index is 0.0213. The number of hydrogen-bond donors (Lipinski definition) is 1. The van der Waals surface area contributed by atoms with Crippen molar-refractivity contribution in [2.24, 2.45) is 5.73 Å². The van der Waals surface area contributed by atoms with Crippen molar-refractivity contribution >= 4 is 0 Å². The molecule has 1 saturated carbocycles. The first-order chi connectivity index (χ1) is 8.26. The third kappa shape index (κ3) is 2.53. The largest absolute Gasteiger partial charge is 0.321 e. The molecule has 0 unspecified atom stereocenters. The number of rotatable bonds is 4. The Labute approximate surface area is 104 Å². The number of likely N-dealkylation sites (tertiary alicyclic amines) is 1.